The van der Waals surface area contributed by atoms with E-state index in [1.54, 1.807) is 6.07 Å². The second kappa shape index (κ2) is 7.97. The monoisotopic (exact) mass is 358 g/mol. The van der Waals surface area contributed by atoms with Crippen molar-refractivity contribution in [3.63, 3.8) is 0 Å². The number of aryl methyl sites for hydroxylation is 2. The first kappa shape index (κ1) is 18.7. The maximum atomic E-state index is 12.6. The van der Waals surface area contributed by atoms with E-state index < -0.39 is 10.0 Å². The number of likely N-dealkylation sites (tertiary alicyclic amines) is 1. The Morgan fingerprint density at radius 1 is 1.17 bits per heavy atom. The van der Waals surface area contributed by atoms with Gasteiger partial charge in [-0.05, 0) is 81.4 Å². The average Bonchev–Trinajstić information content (AvgIpc) is 2.97. The molecule has 1 aromatic carbocycles. The molecule has 6 heteroatoms. The Morgan fingerprint density at radius 3 is 2.57 bits per heavy atom. The van der Waals surface area contributed by atoms with Crippen LogP contribution >= 0.6 is 12.4 Å². The third-order valence-electron chi connectivity index (χ3n) is 4.83. The Hall–Kier alpha value is -0.620. The van der Waals surface area contributed by atoms with Gasteiger partial charge in [0, 0.05) is 6.04 Å². The molecular weight excluding hydrogens is 332 g/mol. The van der Waals surface area contributed by atoms with Crippen LogP contribution in [-0.2, 0) is 22.9 Å². The quantitative estimate of drug-likeness (QED) is 0.880. The van der Waals surface area contributed by atoms with Crippen molar-refractivity contribution in [2.75, 3.05) is 19.6 Å². The number of nitrogens with one attached hydrogen (secondary N) is 1. The van der Waals surface area contributed by atoms with E-state index in [1.165, 1.54) is 11.1 Å². The van der Waals surface area contributed by atoms with Crippen LogP contribution in [0.25, 0.3) is 0 Å². The van der Waals surface area contributed by atoms with Crippen molar-refractivity contribution in [2.24, 2.45) is 0 Å². The molecule has 0 bridgehead atoms. The van der Waals surface area contributed by atoms with E-state index in [1.807, 2.05) is 12.1 Å². The van der Waals surface area contributed by atoms with Crippen LogP contribution < -0.4 is 4.72 Å². The topological polar surface area (TPSA) is 49.4 Å². The molecule has 0 unspecified atom stereocenters. The van der Waals surface area contributed by atoms with Crippen molar-refractivity contribution in [2.45, 2.75) is 56.4 Å². The van der Waals surface area contributed by atoms with E-state index in [-0.39, 0.29) is 18.4 Å². The normalized spacial score (nSPS) is 19.3. The van der Waals surface area contributed by atoms with Gasteiger partial charge in [0.15, 0.2) is 0 Å². The molecule has 0 aromatic heterocycles. The summed E-state index contributed by atoms with van der Waals surface area (Å²) in [4.78, 5) is 2.85. The largest absolute Gasteiger partial charge is 0.303 e. The number of piperidine rings is 1. The molecule has 130 valence electrons. The first-order valence-corrected chi connectivity index (χ1v) is 9.93. The van der Waals surface area contributed by atoms with E-state index in [4.69, 9.17) is 0 Å². The molecule has 1 heterocycles. The molecule has 23 heavy (non-hydrogen) atoms. The summed E-state index contributed by atoms with van der Waals surface area (Å²) >= 11 is 0. The fraction of sp³-hybridized carbons (Fsp3) is 0.647. The number of fused-ring (bicyclic) bond motifs is 1. The highest BCUT2D eigenvalue weighted by molar-refractivity contribution is 7.89. The molecule has 2 aliphatic rings. The minimum absolute atomic E-state index is 0. The fourth-order valence-electron chi connectivity index (χ4n) is 3.59. The minimum atomic E-state index is -3.38. The summed E-state index contributed by atoms with van der Waals surface area (Å²) in [7, 11) is -3.38. The smallest absolute Gasteiger partial charge is 0.240 e. The van der Waals surface area contributed by atoms with Gasteiger partial charge in [-0.3, -0.25) is 0 Å². The maximum absolute atomic E-state index is 12.6. The van der Waals surface area contributed by atoms with Gasteiger partial charge in [-0.25, -0.2) is 13.1 Å². The van der Waals surface area contributed by atoms with Gasteiger partial charge < -0.3 is 4.90 Å². The van der Waals surface area contributed by atoms with E-state index in [0.717, 1.165) is 58.2 Å². The molecule has 0 atom stereocenters. The van der Waals surface area contributed by atoms with Gasteiger partial charge in [-0.15, -0.1) is 12.4 Å². The third-order valence-corrected chi connectivity index (χ3v) is 6.35. The fourth-order valence-corrected chi connectivity index (χ4v) is 4.95. The predicted molar refractivity (Wildman–Crippen MR) is 95.8 cm³/mol. The van der Waals surface area contributed by atoms with Gasteiger partial charge in [0.1, 0.15) is 0 Å². The standard InChI is InChI=1S/C17H26N2O2S.ClH/c1-2-10-19-11-8-16(9-12-19)18-22(20,21)17-7-6-14-4-3-5-15(14)13-17;/h6-7,13,16,18H,2-5,8-12H2,1H3;1H. The molecular formula is C17H27ClN2O2S. The molecule has 0 spiro atoms. The number of halogens is 1. The molecule has 1 aliphatic heterocycles. The lowest BCUT2D eigenvalue weighted by atomic mass is 10.1. The Balaban J connectivity index is 0.00000192. The molecule has 0 saturated carbocycles. The average molecular weight is 359 g/mol. The lowest BCUT2D eigenvalue weighted by Crippen LogP contribution is -2.44. The molecule has 1 aromatic rings. The summed E-state index contributed by atoms with van der Waals surface area (Å²) < 4.78 is 28.1. The number of rotatable bonds is 5. The summed E-state index contributed by atoms with van der Waals surface area (Å²) in [5.74, 6) is 0. The molecule has 4 nitrogen and oxygen atoms in total. The van der Waals surface area contributed by atoms with Crippen LogP contribution in [0.4, 0.5) is 0 Å². The molecule has 0 amide bonds. The number of nitrogens with zero attached hydrogens (tertiary/aromatic N) is 1. The van der Waals surface area contributed by atoms with Crippen LogP contribution in [0.2, 0.25) is 0 Å². The van der Waals surface area contributed by atoms with Crippen LogP contribution in [0.3, 0.4) is 0 Å². The number of hydrogen-bond donors (Lipinski definition) is 1. The van der Waals surface area contributed by atoms with Gasteiger partial charge in [0.05, 0.1) is 4.90 Å². The van der Waals surface area contributed by atoms with E-state index in [0.29, 0.717) is 4.90 Å². The summed E-state index contributed by atoms with van der Waals surface area (Å²) in [6.07, 6.45) is 6.20. The number of sulfonamides is 1. The lowest BCUT2D eigenvalue weighted by molar-refractivity contribution is 0.208. The molecule has 1 fully saturated rings. The first-order chi connectivity index (χ1) is 10.6. The van der Waals surface area contributed by atoms with Gasteiger partial charge in [-0.2, -0.15) is 0 Å². The van der Waals surface area contributed by atoms with Crippen molar-refractivity contribution in [3.05, 3.63) is 29.3 Å². The predicted octanol–water partition coefficient (Wildman–Crippen LogP) is 2.75. The highest BCUT2D eigenvalue weighted by Crippen LogP contribution is 2.25. The molecule has 3 rings (SSSR count). The Labute approximate surface area is 146 Å². The Bertz CT molecular complexity index is 625. The van der Waals surface area contributed by atoms with Gasteiger partial charge >= 0.3 is 0 Å². The van der Waals surface area contributed by atoms with Gasteiger partial charge in [0.2, 0.25) is 10.0 Å². The zero-order valence-corrected chi connectivity index (χ0v) is 15.4. The Morgan fingerprint density at radius 2 is 1.87 bits per heavy atom. The summed E-state index contributed by atoms with van der Waals surface area (Å²) in [5.41, 5.74) is 2.52. The van der Waals surface area contributed by atoms with E-state index in [9.17, 15) is 8.42 Å². The maximum Gasteiger partial charge on any atom is 0.240 e. The second-order valence-electron chi connectivity index (χ2n) is 6.52. The van der Waals surface area contributed by atoms with Crippen molar-refractivity contribution in [1.82, 2.24) is 9.62 Å². The second-order valence-corrected chi connectivity index (χ2v) is 8.24. The van der Waals surface area contributed by atoms with E-state index >= 15 is 0 Å². The van der Waals surface area contributed by atoms with Crippen LogP contribution in [-0.4, -0.2) is 39.0 Å². The molecule has 1 saturated heterocycles. The zero-order valence-electron chi connectivity index (χ0n) is 13.8. The van der Waals surface area contributed by atoms with Crippen LogP contribution in [0.1, 0.15) is 43.7 Å². The summed E-state index contributed by atoms with van der Waals surface area (Å²) in [6, 6.07) is 5.70. The summed E-state index contributed by atoms with van der Waals surface area (Å²) in [6.45, 7) is 5.28. The third kappa shape index (κ3) is 4.47. The van der Waals surface area contributed by atoms with Crippen LogP contribution in [0, 0.1) is 0 Å². The Kier molecular flexibility index (Phi) is 6.48. The molecule has 0 radical (unpaired) electrons. The van der Waals surface area contributed by atoms with Gasteiger partial charge in [0.25, 0.3) is 0 Å². The molecule has 1 N–H and O–H groups in total. The SMILES string of the molecule is CCCN1CCC(NS(=O)(=O)c2ccc3c(c2)CCC3)CC1.Cl. The van der Waals surface area contributed by atoms with Gasteiger partial charge in [-0.1, -0.05) is 13.0 Å². The van der Waals surface area contributed by atoms with Crippen molar-refractivity contribution in [3.8, 4) is 0 Å². The highest BCUT2D eigenvalue weighted by atomic mass is 35.5. The lowest BCUT2D eigenvalue weighted by Gasteiger charge is -2.31. The minimum Gasteiger partial charge on any atom is -0.303 e. The van der Waals surface area contributed by atoms with Crippen LogP contribution in [0.15, 0.2) is 23.1 Å². The highest BCUT2D eigenvalue weighted by Gasteiger charge is 2.25. The van der Waals surface area contributed by atoms with E-state index in [2.05, 4.69) is 16.5 Å². The first-order valence-electron chi connectivity index (χ1n) is 8.45. The van der Waals surface area contributed by atoms with Crippen molar-refractivity contribution >= 4 is 22.4 Å². The molecule has 1 aliphatic carbocycles. The zero-order chi connectivity index (χ0) is 15.6. The number of hydrogen-bond acceptors (Lipinski definition) is 3. The van der Waals surface area contributed by atoms with Crippen molar-refractivity contribution < 1.29 is 8.42 Å². The summed E-state index contributed by atoms with van der Waals surface area (Å²) in [5, 5.41) is 0. The van der Waals surface area contributed by atoms with Crippen molar-refractivity contribution in [1.29, 1.82) is 0 Å². The van der Waals surface area contributed by atoms with Crippen LogP contribution in [0.5, 0.6) is 0 Å². The number of benzene rings is 1.